The van der Waals surface area contributed by atoms with Gasteiger partial charge in [-0.1, -0.05) is 12.1 Å². The summed E-state index contributed by atoms with van der Waals surface area (Å²) < 4.78 is 39.1. The molecule has 2 aliphatic rings. The molecule has 2 fully saturated rings. The average Bonchev–Trinajstić information content (AvgIpc) is 3.11. The van der Waals surface area contributed by atoms with Crippen LogP contribution in [0.1, 0.15) is 47.4 Å². The molecule has 3 heterocycles. The summed E-state index contributed by atoms with van der Waals surface area (Å²) in [6, 6.07) is 5.00. The van der Waals surface area contributed by atoms with E-state index in [0.29, 0.717) is 23.5 Å². The molecule has 0 aliphatic carbocycles. The van der Waals surface area contributed by atoms with Gasteiger partial charge in [-0.2, -0.15) is 13.2 Å². The van der Waals surface area contributed by atoms with E-state index >= 15 is 0 Å². The van der Waals surface area contributed by atoms with Crippen molar-refractivity contribution in [1.29, 1.82) is 0 Å². The van der Waals surface area contributed by atoms with Gasteiger partial charge in [-0.3, -0.25) is 4.79 Å². The van der Waals surface area contributed by atoms with Crippen LogP contribution in [0.3, 0.4) is 0 Å². The molecule has 162 valence electrons. The van der Waals surface area contributed by atoms with E-state index in [9.17, 15) is 18.0 Å². The number of piperidine rings is 2. The molecular formula is C22H27F3N4O. The number of aromatic amines is 1. The number of nitrogens with zero attached hydrogens (tertiary/aromatic N) is 3. The van der Waals surface area contributed by atoms with Crippen LogP contribution in [0.25, 0.3) is 11.4 Å². The molecule has 0 radical (unpaired) electrons. The van der Waals surface area contributed by atoms with Crippen LogP contribution in [-0.4, -0.2) is 58.9 Å². The molecule has 1 amide bonds. The Hall–Kier alpha value is -2.35. The normalized spacial score (nSPS) is 20.0. The summed E-state index contributed by atoms with van der Waals surface area (Å²) in [4.78, 5) is 24.8. The molecule has 0 saturated carbocycles. The first-order valence-electron chi connectivity index (χ1n) is 10.4. The van der Waals surface area contributed by atoms with Gasteiger partial charge in [0.1, 0.15) is 11.5 Å². The second-order valence-corrected chi connectivity index (χ2v) is 8.77. The van der Waals surface area contributed by atoms with Gasteiger partial charge in [-0.15, -0.1) is 0 Å². The van der Waals surface area contributed by atoms with E-state index in [1.54, 1.807) is 13.0 Å². The Morgan fingerprint density at radius 1 is 1.17 bits per heavy atom. The van der Waals surface area contributed by atoms with Gasteiger partial charge < -0.3 is 14.8 Å². The largest absolute Gasteiger partial charge is 0.416 e. The number of carbonyl (C=O) groups excluding carboxylic acids is 1. The molecule has 2 aromatic rings. The first-order chi connectivity index (χ1) is 14.2. The molecule has 30 heavy (non-hydrogen) atoms. The molecule has 8 heteroatoms. The highest BCUT2D eigenvalue weighted by Crippen LogP contribution is 2.40. The lowest BCUT2D eigenvalue weighted by atomic mass is 9.72. The number of imidazole rings is 1. The van der Waals surface area contributed by atoms with Gasteiger partial charge in [0, 0.05) is 24.3 Å². The third kappa shape index (κ3) is 4.10. The predicted octanol–water partition coefficient (Wildman–Crippen LogP) is 4.35. The average molecular weight is 420 g/mol. The molecule has 0 bridgehead atoms. The maximum absolute atomic E-state index is 13.2. The molecule has 5 nitrogen and oxygen atoms in total. The number of nitrogens with one attached hydrogen (secondary N) is 1. The quantitative estimate of drug-likeness (QED) is 0.786. The number of aromatic nitrogens is 2. The highest BCUT2D eigenvalue weighted by Gasteiger charge is 2.40. The SMILES string of the molecule is Cc1[nH]c(-c2cccc(C(F)(F)F)c2)nc1C(=O)N1CCCC2(CCN(C)CC2)C1. The second-order valence-electron chi connectivity index (χ2n) is 8.77. The monoisotopic (exact) mass is 420 g/mol. The predicted molar refractivity (Wildman–Crippen MR) is 108 cm³/mol. The number of halogens is 3. The summed E-state index contributed by atoms with van der Waals surface area (Å²) in [6.07, 6.45) is -0.143. The van der Waals surface area contributed by atoms with Crippen LogP contribution in [0.5, 0.6) is 0 Å². The smallest absolute Gasteiger partial charge is 0.341 e. The number of aryl methyl sites for hydroxylation is 1. The Labute approximate surface area is 174 Å². The lowest BCUT2D eigenvalue weighted by molar-refractivity contribution is -0.137. The van der Waals surface area contributed by atoms with Crippen molar-refractivity contribution < 1.29 is 18.0 Å². The fraction of sp³-hybridized carbons (Fsp3) is 0.545. The fourth-order valence-electron chi connectivity index (χ4n) is 4.68. The van der Waals surface area contributed by atoms with Crippen molar-refractivity contribution in [3.8, 4) is 11.4 Å². The van der Waals surface area contributed by atoms with E-state index in [0.717, 1.165) is 57.5 Å². The highest BCUT2D eigenvalue weighted by molar-refractivity contribution is 5.94. The Kier molecular flexibility index (Phi) is 5.38. The standard InChI is InChI=1S/C22H27F3N4O/c1-15-18(27-19(26-15)16-5-3-6-17(13-16)22(23,24)25)20(30)29-10-4-7-21(14-29)8-11-28(2)12-9-21/h3,5-6,13H,4,7-12,14H2,1-2H3,(H,26,27). The lowest BCUT2D eigenvalue weighted by Gasteiger charge is -2.47. The maximum Gasteiger partial charge on any atom is 0.416 e. The van der Waals surface area contributed by atoms with Crippen molar-refractivity contribution in [3.05, 3.63) is 41.2 Å². The molecule has 1 N–H and O–H groups in total. The van der Waals surface area contributed by atoms with Crippen molar-refractivity contribution in [1.82, 2.24) is 19.8 Å². The summed E-state index contributed by atoms with van der Waals surface area (Å²) in [5, 5.41) is 0. The van der Waals surface area contributed by atoms with Crippen molar-refractivity contribution in [2.75, 3.05) is 33.2 Å². The lowest BCUT2D eigenvalue weighted by Crippen LogP contribution is -2.50. The third-order valence-corrected chi connectivity index (χ3v) is 6.55. The first-order valence-corrected chi connectivity index (χ1v) is 10.4. The summed E-state index contributed by atoms with van der Waals surface area (Å²) in [7, 11) is 2.13. The first kappa shape index (κ1) is 20.9. The summed E-state index contributed by atoms with van der Waals surface area (Å²) in [5.41, 5.74) is 0.636. The Morgan fingerprint density at radius 3 is 2.60 bits per heavy atom. The Bertz CT molecular complexity index is 929. The molecule has 0 unspecified atom stereocenters. The van der Waals surface area contributed by atoms with E-state index in [1.807, 2.05) is 4.90 Å². The topological polar surface area (TPSA) is 52.2 Å². The second kappa shape index (κ2) is 7.72. The number of rotatable bonds is 2. The Morgan fingerprint density at radius 2 is 1.90 bits per heavy atom. The van der Waals surface area contributed by atoms with E-state index in [-0.39, 0.29) is 17.1 Å². The fourth-order valence-corrected chi connectivity index (χ4v) is 4.68. The molecule has 2 saturated heterocycles. The van der Waals surface area contributed by atoms with Crippen LogP contribution in [-0.2, 0) is 6.18 Å². The number of amides is 1. The maximum atomic E-state index is 13.2. The van der Waals surface area contributed by atoms with Crippen LogP contribution in [0, 0.1) is 12.3 Å². The van der Waals surface area contributed by atoms with Crippen molar-refractivity contribution in [2.24, 2.45) is 5.41 Å². The summed E-state index contributed by atoms with van der Waals surface area (Å²) in [5.74, 6) is 0.146. The number of H-pyrrole nitrogens is 1. The van der Waals surface area contributed by atoms with Crippen molar-refractivity contribution in [3.63, 3.8) is 0 Å². The van der Waals surface area contributed by atoms with Gasteiger partial charge in [0.15, 0.2) is 0 Å². The van der Waals surface area contributed by atoms with Crippen LogP contribution in [0.2, 0.25) is 0 Å². The Balaban J connectivity index is 1.55. The third-order valence-electron chi connectivity index (χ3n) is 6.55. The van der Waals surface area contributed by atoms with E-state index in [2.05, 4.69) is 21.9 Å². The molecule has 1 aromatic carbocycles. The minimum atomic E-state index is -4.42. The van der Waals surface area contributed by atoms with Gasteiger partial charge in [0.2, 0.25) is 0 Å². The minimum Gasteiger partial charge on any atom is -0.341 e. The van der Waals surface area contributed by atoms with E-state index in [4.69, 9.17) is 0 Å². The van der Waals surface area contributed by atoms with Crippen LogP contribution < -0.4 is 0 Å². The molecule has 1 spiro atoms. The van der Waals surface area contributed by atoms with Crippen LogP contribution in [0.15, 0.2) is 24.3 Å². The summed E-state index contributed by atoms with van der Waals surface area (Å²) in [6.45, 7) is 5.26. The minimum absolute atomic E-state index is 0.139. The zero-order valence-electron chi connectivity index (χ0n) is 17.4. The van der Waals surface area contributed by atoms with E-state index < -0.39 is 11.7 Å². The number of carbonyl (C=O) groups is 1. The van der Waals surface area contributed by atoms with Crippen molar-refractivity contribution >= 4 is 5.91 Å². The zero-order valence-corrected chi connectivity index (χ0v) is 17.4. The van der Waals surface area contributed by atoms with E-state index in [1.165, 1.54) is 6.07 Å². The van der Waals surface area contributed by atoms with Crippen molar-refractivity contribution in [2.45, 2.75) is 38.8 Å². The number of alkyl halides is 3. The van der Waals surface area contributed by atoms with Crippen LogP contribution in [0.4, 0.5) is 13.2 Å². The zero-order chi connectivity index (χ0) is 21.5. The number of hydrogen-bond acceptors (Lipinski definition) is 3. The van der Waals surface area contributed by atoms with Gasteiger partial charge >= 0.3 is 6.18 Å². The van der Waals surface area contributed by atoms with Gasteiger partial charge in [-0.05, 0) is 70.3 Å². The number of hydrogen-bond donors (Lipinski definition) is 1. The van der Waals surface area contributed by atoms with Crippen LogP contribution >= 0.6 is 0 Å². The molecule has 2 aliphatic heterocycles. The molecule has 1 aromatic heterocycles. The van der Waals surface area contributed by atoms with Gasteiger partial charge in [0.25, 0.3) is 5.91 Å². The number of benzene rings is 1. The highest BCUT2D eigenvalue weighted by atomic mass is 19.4. The van der Waals surface area contributed by atoms with Gasteiger partial charge in [-0.25, -0.2) is 4.98 Å². The molecule has 0 atom stereocenters. The molecular weight excluding hydrogens is 393 g/mol. The summed E-state index contributed by atoms with van der Waals surface area (Å²) >= 11 is 0. The molecule has 4 rings (SSSR count). The number of likely N-dealkylation sites (tertiary alicyclic amines) is 2. The van der Waals surface area contributed by atoms with Gasteiger partial charge in [0.05, 0.1) is 5.56 Å².